The van der Waals surface area contributed by atoms with Crippen molar-refractivity contribution < 1.29 is 27.7 Å². The van der Waals surface area contributed by atoms with Crippen molar-refractivity contribution >= 4 is 34.6 Å². The lowest BCUT2D eigenvalue weighted by molar-refractivity contribution is -0.384. The molecule has 33 heavy (non-hydrogen) atoms. The molecule has 2 fully saturated rings. The van der Waals surface area contributed by atoms with Gasteiger partial charge in [0.15, 0.2) is 0 Å². The number of hydrogen-bond acceptors (Lipinski definition) is 6. The Morgan fingerprint density at radius 1 is 0.848 bits per heavy atom. The maximum atomic E-state index is 13.0. The third kappa shape index (κ3) is 4.62. The van der Waals surface area contributed by atoms with E-state index >= 15 is 0 Å². The van der Waals surface area contributed by atoms with Crippen LogP contribution in [-0.2, 0) is 15.8 Å². The summed E-state index contributed by atoms with van der Waals surface area (Å²) in [6.07, 6.45) is -3.56. The second-order valence-electron chi connectivity index (χ2n) is 7.93. The molecule has 0 N–H and O–H groups in total. The molecule has 2 aliphatic rings. The van der Waals surface area contributed by atoms with Gasteiger partial charge >= 0.3 is 6.18 Å². The van der Waals surface area contributed by atoms with Gasteiger partial charge in [-0.2, -0.15) is 13.2 Å². The van der Waals surface area contributed by atoms with Gasteiger partial charge in [-0.3, -0.25) is 24.6 Å². The van der Waals surface area contributed by atoms with Crippen LogP contribution in [0.1, 0.15) is 24.8 Å². The van der Waals surface area contributed by atoms with Crippen molar-refractivity contribution in [2.45, 2.75) is 25.4 Å². The first-order chi connectivity index (χ1) is 15.6. The lowest BCUT2D eigenvalue weighted by Gasteiger charge is -2.37. The van der Waals surface area contributed by atoms with Crippen LogP contribution in [0.15, 0.2) is 42.5 Å². The van der Waals surface area contributed by atoms with Gasteiger partial charge in [0, 0.05) is 50.8 Å². The second-order valence-corrected chi connectivity index (χ2v) is 7.93. The van der Waals surface area contributed by atoms with E-state index in [1.165, 1.54) is 24.3 Å². The number of piperazine rings is 1. The topological polar surface area (TPSA) is 87.0 Å². The molecule has 0 unspecified atom stereocenters. The molecule has 2 aromatic carbocycles. The summed E-state index contributed by atoms with van der Waals surface area (Å²) in [6.45, 7) is 1.47. The standard InChI is InChI=1S/C22H21F3N4O4/c23-22(24,25)15-3-1-4-16(13-15)26-9-11-27(12-10-26)18-8-7-17(14-19(18)29(32)33)28-20(30)5-2-6-21(28)31/h1,3-4,7-8,13-14H,2,5-6,9-12H2. The molecule has 0 aliphatic carbocycles. The van der Waals surface area contributed by atoms with Crippen LogP contribution >= 0.6 is 0 Å². The number of halogens is 3. The Labute approximate surface area is 187 Å². The molecular weight excluding hydrogens is 441 g/mol. The van der Waals surface area contributed by atoms with Gasteiger partial charge in [-0.05, 0) is 36.8 Å². The van der Waals surface area contributed by atoms with Gasteiger partial charge in [-0.1, -0.05) is 6.07 Å². The summed E-state index contributed by atoms with van der Waals surface area (Å²) >= 11 is 0. The molecule has 174 valence electrons. The number of alkyl halides is 3. The number of hydrogen-bond donors (Lipinski definition) is 0. The quantitative estimate of drug-likeness (QED) is 0.388. The van der Waals surface area contributed by atoms with Crippen molar-refractivity contribution in [1.29, 1.82) is 0 Å². The first-order valence-corrected chi connectivity index (χ1v) is 10.5. The van der Waals surface area contributed by atoms with Gasteiger partial charge in [-0.25, -0.2) is 0 Å². The fourth-order valence-electron chi connectivity index (χ4n) is 4.19. The number of nitro benzene ring substituents is 1. The van der Waals surface area contributed by atoms with Crippen LogP contribution in [0.4, 0.5) is 35.9 Å². The van der Waals surface area contributed by atoms with Crippen molar-refractivity contribution in [3.63, 3.8) is 0 Å². The minimum atomic E-state index is -4.43. The highest BCUT2D eigenvalue weighted by atomic mass is 19.4. The molecule has 0 saturated carbocycles. The van der Waals surface area contributed by atoms with Crippen molar-refractivity contribution in [3.05, 3.63) is 58.1 Å². The predicted octanol–water partition coefficient (Wildman–Crippen LogP) is 3.98. The van der Waals surface area contributed by atoms with Crippen LogP contribution in [-0.4, -0.2) is 42.9 Å². The minimum absolute atomic E-state index is 0.169. The van der Waals surface area contributed by atoms with E-state index in [-0.39, 0.29) is 36.0 Å². The Morgan fingerprint density at radius 3 is 2.09 bits per heavy atom. The van der Waals surface area contributed by atoms with Crippen LogP contribution < -0.4 is 14.7 Å². The lowest BCUT2D eigenvalue weighted by Crippen LogP contribution is -2.46. The fourth-order valence-corrected chi connectivity index (χ4v) is 4.19. The fraction of sp³-hybridized carbons (Fsp3) is 0.364. The molecule has 0 atom stereocenters. The first-order valence-electron chi connectivity index (χ1n) is 10.5. The zero-order valence-electron chi connectivity index (χ0n) is 17.5. The summed E-state index contributed by atoms with van der Waals surface area (Å²) in [4.78, 5) is 40.1. The Morgan fingerprint density at radius 2 is 1.48 bits per heavy atom. The van der Waals surface area contributed by atoms with Gasteiger partial charge in [-0.15, -0.1) is 0 Å². The smallest absolute Gasteiger partial charge is 0.368 e. The van der Waals surface area contributed by atoms with Gasteiger partial charge in [0.05, 0.1) is 16.2 Å². The van der Waals surface area contributed by atoms with E-state index < -0.39 is 16.7 Å². The molecule has 4 rings (SSSR count). The molecule has 11 heteroatoms. The van der Waals surface area contributed by atoms with Crippen molar-refractivity contribution in [3.8, 4) is 0 Å². The van der Waals surface area contributed by atoms with Gasteiger partial charge in [0.1, 0.15) is 5.69 Å². The summed E-state index contributed by atoms with van der Waals surface area (Å²) in [6, 6.07) is 9.34. The number of amides is 2. The number of carbonyl (C=O) groups excluding carboxylic acids is 2. The molecular formula is C22H21F3N4O4. The average molecular weight is 462 g/mol. The lowest BCUT2D eigenvalue weighted by atomic mass is 10.1. The largest absolute Gasteiger partial charge is 0.416 e. The summed E-state index contributed by atoms with van der Waals surface area (Å²) in [7, 11) is 0. The van der Waals surface area contributed by atoms with Crippen LogP contribution in [0, 0.1) is 10.1 Å². The number of nitrogens with zero attached hydrogens (tertiary/aromatic N) is 4. The Bertz CT molecular complexity index is 1080. The summed E-state index contributed by atoms with van der Waals surface area (Å²) in [5.74, 6) is -0.772. The van der Waals surface area contributed by atoms with Crippen molar-refractivity contribution in [2.75, 3.05) is 40.9 Å². The maximum Gasteiger partial charge on any atom is 0.416 e. The third-order valence-electron chi connectivity index (χ3n) is 5.85. The normalized spacial score (nSPS) is 17.5. The molecule has 0 bridgehead atoms. The highest BCUT2D eigenvalue weighted by Gasteiger charge is 2.32. The summed E-state index contributed by atoms with van der Waals surface area (Å²) < 4.78 is 39.1. The average Bonchev–Trinajstić information content (AvgIpc) is 2.78. The van der Waals surface area contributed by atoms with Crippen LogP contribution in [0.2, 0.25) is 0 Å². The number of nitro groups is 1. The highest BCUT2D eigenvalue weighted by molar-refractivity contribution is 6.16. The number of piperidine rings is 1. The van der Waals surface area contributed by atoms with Crippen LogP contribution in [0.5, 0.6) is 0 Å². The van der Waals surface area contributed by atoms with E-state index in [0.29, 0.717) is 44.0 Å². The number of benzene rings is 2. The first kappa shape index (κ1) is 22.6. The Hall–Kier alpha value is -3.63. The number of imide groups is 1. The SMILES string of the molecule is O=C1CCCC(=O)N1c1ccc(N2CCN(c3cccc(C(F)(F)F)c3)CC2)c([N+](=O)[O-])c1. The molecule has 0 spiro atoms. The molecule has 2 amide bonds. The molecule has 2 saturated heterocycles. The van der Waals surface area contributed by atoms with E-state index in [9.17, 15) is 32.9 Å². The Balaban J connectivity index is 1.53. The summed E-state index contributed by atoms with van der Waals surface area (Å²) in [5, 5.41) is 11.8. The summed E-state index contributed by atoms with van der Waals surface area (Å²) in [5.41, 5.74) is -0.00907. The maximum absolute atomic E-state index is 13.0. The van der Waals surface area contributed by atoms with E-state index in [4.69, 9.17) is 0 Å². The molecule has 2 aliphatic heterocycles. The molecule has 2 aromatic rings. The van der Waals surface area contributed by atoms with Gasteiger partial charge in [0.25, 0.3) is 5.69 Å². The van der Waals surface area contributed by atoms with Crippen molar-refractivity contribution in [2.24, 2.45) is 0 Å². The molecule has 0 radical (unpaired) electrons. The van der Waals surface area contributed by atoms with Crippen molar-refractivity contribution in [1.82, 2.24) is 0 Å². The number of carbonyl (C=O) groups is 2. The zero-order valence-corrected chi connectivity index (χ0v) is 17.5. The van der Waals surface area contributed by atoms with E-state index in [1.54, 1.807) is 15.9 Å². The van der Waals surface area contributed by atoms with E-state index in [2.05, 4.69) is 0 Å². The third-order valence-corrected chi connectivity index (χ3v) is 5.85. The van der Waals surface area contributed by atoms with Crippen LogP contribution in [0.3, 0.4) is 0 Å². The monoisotopic (exact) mass is 462 g/mol. The van der Waals surface area contributed by atoms with Crippen LogP contribution in [0.25, 0.3) is 0 Å². The molecule has 0 aromatic heterocycles. The molecule has 2 heterocycles. The van der Waals surface area contributed by atoms with Gasteiger partial charge < -0.3 is 9.80 Å². The van der Waals surface area contributed by atoms with E-state index in [1.807, 2.05) is 0 Å². The van der Waals surface area contributed by atoms with E-state index in [0.717, 1.165) is 17.0 Å². The second kappa shape index (κ2) is 8.72. The number of rotatable bonds is 4. The predicted molar refractivity (Wildman–Crippen MR) is 115 cm³/mol. The number of anilines is 3. The molecule has 8 nitrogen and oxygen atoms in total. The highest BCUT2D eigenvalue weighted by Crippen LogP contribution is 2.36. The minimum Gasteiger partial charge on any atom is -0.368 e. The Kier molecular flexibility index (Phi) is 5.96. The van der Waals surface area contributed by atoms with Gasteiger partial charge in [0.2, 0.25) is 11.8 Å². The zero-order chi connectivity index (χ0) is 23.8.